The van der Waals surface area contributed by atoms with E-state index in [2.05, 4.69) is 26.0 Å². The number of hydrogen-bond donors (Lipinski definition) is 1. The minimum absolute atomic E-state index is 0.0179. The zero-order chi connectivity index (χ0) is 14.5. The molecular weight excluding hydrogens is 331 g/mol. The molecule has 2 N–H and O–H groups in total. The molecule has 0 atom stereocenters. The average Bonchev–Trinajstić information content (AvgIpc) is 2.71. The first-order valence-corrected chi connectivity index (χ1v) is 6.81. The van der Waals surface area contributed by atoms with E-state index in [9.17, 15) is 9.18 Å². The Morgan fingerprint density at radius 2 is 2.30 bits per heavy atom. The van der Waals surface area contributed by atoms with Gasteiger partial charge in [0, 0.05) is 12.8 Å². The first kappa shape index (κ1) is 13.3. The third-order valence-corrected chi connectivity index (χ3v) is 4.06. The molecule has 0 aromatic carbocycles. The van der Waals surface area contributed by atoms with E-state index in [4.69, 9.17) is 10.5 Å². The van der Waals surface area contributed by atoms with E-state index in [1.165, 1.54) is 11.8 Å². The number of halogens is 2. The quantitative estimate of drug-likeness (QED) is 0.664. The Hall–Kier alpha value is -1.70. The van der Waals surface area contributed by atoms with Crippen molar-refractivity contribution in [3.8, 4) is 0 Å². The third-order valence-electron chi connectivity index (χ3n) is 3.61. The molecule has 8 heteroatoms. The summed E-state index contributed by atoms with van der Waals surface area (Å²) in [6.45, 7) is 0. The zero-order valence-corrected chi connectivity index (χ0v) is 12.2. The van der Waals surface area contributed by atoms with Gasteiger partial charge >= 0.3 is 5.97 Å². The summed E-state index contributed by atoms with van der Waals surface area (Å²) in [6.07, 6.45) is -1.02. The molecule has 0 unspecified atom stereocenters. The maximum absolute atomic E-state index is 13.4. The maximum Gasteiger partial charge on any atom is 0.334 e. The number of nitrogens with zero attached hydrogens (tertiary/aromatic N) is 3. The molecule has 0 amide bonds. The highest BCUT2D eigenvalue weighted by Gasteiger charge is 2.55. The molecule has 20 heavy (non-hydrogen) atoms. The van der Waals surface area contributed by atoms with Gasteiger partial charge in [-0.3, -0.25) is 0 Å². The highest BCUT2D eigenvalue weighted by Crippen LogP contribution is 2.44. The topological polar surface area (TPSA) is 83.0 Å². The van der Waals surface area contributed by atoms with Crippen LogP contribution >= 0.6 is 15.9 Å². The number of hydrogen-bond acceptors (Lipinski definition) is 5. The van der Waals surface area contributed by atoms with Gasteiger partial charge in [-0.25, -0.2) is 18.9 Å². The van der Waals surface area contributed by atoms with Crippen LogP contribution in [0, 0.1) is 0 Å². The number of rotatable bonds is 2. The normalized spacial score (nSPS) is 25.4. The zero-order valence-electron chi connectivity index (χ0n) is 10.6. The van der Waals surface area contributed by atoms with Crippen molar-refractivity contribution >= 4 is 38.8 Å². The Morgan fingerprint density at radius 1 is 1.60 bits per heavy atom. The van der Waals surface area contributed by atoms with Crippen molar-refractivity contribution in [2.45, 2.75) is 24.6 Å². The van der Waals surface area contributed by atoms with Gasteiger partial charge in [-0.2, -0.15) is 5.10 Å². The Balaban J connectivity index is 2.22. The van der Waals surface area contributed by atoms with Gasteiger partial charge in [0.05, 0.1) is 12.5 Å². The van der Waals surface area contributed by atoms with E-state index in [0.717, 1.165) is 0 Å². The summed E-state index contributed by atoms with van der Waals surface area (Å²) in [5.41, 5.74) is 5.13. The molecule has 6 nitrogen and oxygen atoms in total. The molecule has 106 valence electrons. The van der Waals surface area contributed by atoms with Crippen molar-refractivity contribution < 1.29 is 13.9 Å². The smallest absolute Gasteiger partial charge is 0.334 e. The van der Waals surface area contributed by atoms with Gasteiger partial charge in [-0.15, -0.1) is 0 Å². The molecule has 2 heterocycles. The number of nitrogens with two attached hydrogens (primary N) is 1. The number of fused-ring (bicyclic) bond motifs is 1. The number of anilines is 1. The van der Waals surface area contributed by atoms with Gasteiger partial charge < -0.3 is 10.5 Å². The molecule has 0 bridgehead atoms. The van der Waals surface area contributed by atoms with Crippen molar-refractivity contribution in [1.82, 2.24) is 14.8 Å². The number of carbonyl (C=O) groups is 1. The van der Waals surface area contributed by atoms with E-state index in [1.807, 2.05) is 0 Å². The lowest BCUT2D eigenvalue weighted by molar-refractivity contribution is -0.161. The molecule has 0 aliphatic heterocycles. The summed E-state index contributed by atoms with van der Waals surface area (Å²) in [6, 6.07) is 3.48. The van der Waals surface area contributed by atoms with Crippen LogP contribution in [0.3, 0.4) is 0 Å². The van der Waals surface area contributed by atoms with E-state index in [-0.39, 0.29) is 18.7 Å². The van der Waals surface area contributed by atoms with Gasteiger partial charge in [0.2, 0.25) is 0 Å². The van der Waals surface area contributed by atoms with Gasteiger partial charge in [0.25, 0.3) is 0 Å². The highest BCUT2D eigenvalue weighted by molar-refractivity contribution is 9.10. The molecule has 2 aromatic heterocycles. The highest BCUT2D eigenvalue weighted by atomic mass is 79.9. The monoisotopic (exact) mass is 342 g/mol. The lowest BCUT2D eigenvalue weighted by atomic mass is 9.75. The van der Waals surface area contributed by atoms with E-state index in [0.29, 0.717) is 15.6 Å². The fourth-order valence-electron chi connectivity index (χ4n) is 2.58. The SMILES string of the molecule is COC(=O)C1(n2nc(N)c3ccc(Br)nc32)CC(F)C1. The Bertz CT molecular complexity index is 696. The van der Waals surface area contributed by atoms with Crippen molar-refractivity contribution in [2.75, 3.05) is 12.8 Å². The largest absolute Gasteiger partial charge is 0.467 e. The first-order chi connectivity index (χ1) is 9.48. The number of carbonyl (C=O) groups excluding carboxylic acids is 1. The molecule has 1 saturated carbocycles. The molecule has 3 rings (SSSR count). The molecule has 0 spiro atoms. The summed E-state index contributed by atoms with van der Waals surface area (Å²) >= 11 is 3.27. The maximum atomic E-state index is 13.4. The van der Waals surface area contributed by atoms with Crippen LogP contribution in [0.25, 0.3) is 11.0 Å². The van der Waals surface area contributed by atoms with Crippen LogP contribution in [0.2, 0.25) is 0 Å². The second-order valence-corrected chi connectivity index (χ2v) is 5.64. The van der Waals surface area contributed by atoms with Crippen LogP contribution in [0.15, 0.2) is 16.7 Å². The second-order valence-electron chi connectivity index (χ2n) is 4.83. The van der Waals surface area contributed by atoms with Crippen molar-refractivity contribution in [1.29, 1.82) is 0 Å². The average molecular weight is 343 g/mol. The standard InChI is InChI=1S/C12H12BrFN4O2/c1-20-11(19)12(4-6(14)5-12)18-10-7(9(15)17-18)2-3-8(13)16-10/h2-3,6H,4-5H2,1H3,(H2,15,17). The van der Waals surface area contributed by atoms with Crippen LogP contribution < -0.4 is 5.73 Å². The number of pyridine rings is 1. The molecule has 2 aromatic rings. The number of methoxy groups -OCH3 is 1. The molecule has 1 fully saturated rings. The second kappa shape index (κ2) is 4.41. The molecule has 0 radical (unpaired) electrons. The lowest BCUT2D eigenvalue weighted by Gasteiger charge is -2.41. The van der Waals surface area contributed by atoms with Gasteiger partial charge in [0.15, 0.2) is 17.0 Å². The van der Waals surface area contributed by atoms with Crippen LogP contribution in [0.4, 0.5) is 10.2 Å². The summed E-state index contributed by atoms with van der Waals surface area (Å²) in [4.78, 5) is 16.4. The van der Waals surface area contributed by atoms with E-state index in [1.54, 1.807) is 12.1 Å². The fraction of sp³-hybridized carbons (Fsp3) is 0.417. The van der Waals surface area contributed by atoms with Gasteiger partial charge in [-0.1, -0.05) is 0 Å². The summed E-state index contributed by atoms with van der Waals surface area (Å²) < 4.78 is 20.2. The lowest BCUT2D eigenvalue weighted by Crippen LogP contribution is -2.54. The summed E-state index contributed by atoms with van der Waals surface area (Å²) in [7, 11) is 1.27. The number of ether oxygens (including phenoxy) is 1. The molecular formula is C12H12BrFN4O2. The molecule has 1 aliphatic rings. The summed E-state index contributed by atoms with van der Waals surface area (Å²) in [5, 5.41) is 4.80. The Kier molecular flexibility index (Phi) is 2.93. The number of alkyl halides is 1. The fourth-order valence-corrected chi connectivity index (χ4v) is 2.88. The minimum atomic E-state index is -1.15. The Labute approximate surface area is 122 Å². The number of aromatic nitrogens is 3. The number of esters is 1. The number of nitrogen functional groups attached to an aromatic ring is 1. The van der Waals surface area contributed by atoms with E-state index >= 15 is 0 Å². The van der Waals surface area contributed by atoms with Crippen molar-refractivity contribution in [3.05, 3.63) is 16.7 Å². The van der Waals surface area contributed by atoms with E-state index < -0.39 is 17.7 Å². The third kappa shape index (κ3) is 1.71. The van der Waals surface area contributed by atoms with Gasteiger partial charge in [-0.05, 0) is 28.1 Å². The van der Waals surface area contributed by atoms with Gasteiger partial charge in [0.1, 0.15) is 10.8 Å². The predicted octanol–water partition coefficient (Wildman–Crippen LogP) is 1.78. The van der Waals surface area contributed by atoms with Crippen molar-refractivity contribution in [2.24, 2.45) is 0 Å². The molecule has 0 saturated heterocycles. The minimum Gasteiger partial charge on any atom is -0.467 e. The predicted molar refractivity (Wildman–Crippen MR) is 73.8 cm³/mol. The van der Waals surface area contributed by atoms with Crippen molar-refractivity contribution in [3.63, 3.8) is 0 Å². The summed E-state index contributed by atoms with van der Waals surface area (Å²) in [5.74, 6) is -0.275. The van der Waals surface area contributed by atoms with Crippen LogP contribution in [0.5, 0.6) is 0 Å². The Morgan fingerprint density at radius 3 is 2.90 bits per heavy atom. The first-order valence-electron chi connectivity index (χ1n) is 6.01. The molecule has 1 aliphatic carbocycles. The van der Waals surface area contributed by atoms with Crippen LogP contribution in [0.1, 0.15) is 12.8 Å². The van der Waals surface area contributed by atoms with Crippen LogP contribution in [-0.4, -0.2) is 34.0 Å². The van der Waals surface area contributed by atoms with Crippen LogP contribution in [-0.2, 0) is 15.1 Å².